The number of allylic oxidation sites excluding steroid dienone is 1. The summed E-state index contributed by atoms with van der Waals surface area (Å²) < 4.78 is 7.41. The molecule has 1 saturated heterocycles. The van der Waals surface area contributed by atoms with Crippen molar-refractivity contribution in [1.82, 2.24) is 4.57 Å². The van der Waals surface area contributed by atoms with Gasteiger partial charge in [-0.05, 0) is 54.8 Å². The SMILES string of the molecule is CCC1(c2ccc(O)cc2)C(C(=O)O)=C(C)N=c2s/c(=C\c3ccc(N4CCOCC4)cc3)c(=O)n21. The minimum atomic E-state index is -1.25. The van der Waals surface area contributed by atoms with E-state index in [0.717, 1.165) is 24.3 Å². The number of carbonyl (C=O) groups is 1. The molecule has 3 aromatic rings. The number of rotatable bonds is 5. The van der Waals surface area contributed by atoms with Crippen LogP contribution in [0.5, 0.6) is 5.75 Å². The van der Waals surface area contributed by atoms with E-state index in [2.05, 4.69) is 9.89 Å². The number of aliphatic carboxylic acids is 1. The maximum atomic E-state index is 13.8. The number of carboxylic acid groups (broad SMARTS) is 1. The monoisotopic (exact) mass is 505 g/mol. The fraction of sp³-hybridized carbons (Fsp3) is 0.296. The summed E-state index contributed by atoms with van der Waals surface area (Å²) in [6.07, 6.45) is 2.15. The van der Waals surface area contributed by atoms with Crippen LogP contribution in [0.3, 0.4) is 0 Å². The Labute approximate surface area is 211 Å². The van der Waals surface area contributed by atoms with E-state index in [1.807, 2.05) is 37.3 Å². The lowest BCUT2D eigenvalue weighted by Crippen LogP contribution is -2.52. The Balaban J connectivity index is 1.66. The highest BCUT2D eigenvalue weighted by Crippen LogP contribution is 2.40. The van der Waals surface area contributed by atoms with Gasteiger partial charge in [0.25, 0.3) is 5.56 Å². The van der Waals surface area contributed by atoms with E-state index < -0.39 is 11.5 Å². The molecule has 2 aliphatic heterocycles. The van der Waals surface area contributed by atoms with Crippen LogP contribution in [0.4, 0.5) is 5.69 Å². The van der Waals surface area contributed by atoms with Gasteiger partial charge in [-0.2, -0.15) is 0 Å². The lowest BCUT2D eigenvalue weighted by atomic mass is 9.78. The van der Waals surface area contributed by atoms with Crippen LogP contribution in [0.25, 0.3) is 6.08 Å². The fourth-order valence-electron chi connectivity index (χ4n) is 5.13. The van der Waals surface area contributed by atoms with Gasteiger partial charge in [0.15, 0.2) is 4.80 Å². The van der Waals surface area contributed by atoms with E-state index in [0.29, 0.717) is 40.2 Å². The topological polar surface area (TPSA) is 104 Å². The van der Waals surface area contributed by atoms with Crippen molar-refractivity contribution in [3.8, 4) is 5.75 Å². The second-order valence-electron chi connectivity index (χ2n) is 8.86. The van der Waals surface area contributed by atoms with Crippen molar-refractivity contribution in [3.63, 3.8) is 0 Å². The molecule has 0 bridgehead atoms. The van der Waals surface area contributed by atoms with Crippen LogP contribution in [0.2, 0.25) is 0 Å². The highest BCUT2D eigenvalue weighted by atomic mass is 32.1. The van der Waals surface area contributed by atoms with Gasteiger partial charge in [0.2, 0.25) is 0 Å². The summed E-state index contributed by atoms with van der Waals surface area (Å²) in [5.74, 6) is -1.06. The summed E-state index contributed by atoms with van der Waals surface area (Å²) in [5, 5.41) is 20.0. The van der Waals surface area contributed by atoms with Crippen LogP contribution >= 0.6 is 11.3 Å². The van der Waals surface area contributed by atoms with E-state index in [1.54, 1.807) is 19.1 Å². The Bertz CT molecular complexity index is 1510. The molecular formula is C27H27N3O5S. The molecule has 186 valence electrons. The first kappa shape index (κ1) is 24.0. The molecule has 8 nitrogen and oxygen atoms in total. The number of aromatic hydroxyl groups is 1. The molecule has 3 heterocycles. The van der Waals surface area contributed by atoms with E-state index in [-0.39, 0.29) is 16.9 Å². The predicted molar refractivity (Wildman–Crippen MR) is 138 cm³/mol. The van der Waals surface area contributed by atoms with Crippen molar-refractivity contribution in [3.05, 3.63) is 90.6 Å². The summed E-state index contributed by atoms with van der Waals surface area (Å²) in [5.41, 5.74) is 1.47. The molecule has 1 fully saturated rings. The number of aromatic nitrogens is 1. The summed E-state index contributed by atoms with van der Waals surface area (Å²) in [4.78, 5) is 33.5. The third-order valence-corrected chi connectivity index (χ3v) is 7.83. The largest absolute Gasteiger partial charge is 0.508 e. The Morgan fingerprint density at radius 2 is 1.81 bits per heavy atom. The second-order valence-corrected chi connectivity index (χ2v) is 9.87. The molecule has 0 saturated carbocycles. The Kier molecular flexibility index (Phi) is 6.27. The summed E-state index contributed by atoms with van der Waals surface area (Å²) >= 11 is 1.25. The maximum absolute atomic E-state index is 13.8. The number of phenolic OH excluding ortho intramolecular Hbond substituents is 1. The number of thiazole rings is 1. The number of hydrogen-bond donors (Lipinski definition) is 2. The van der Waals surface area contributed by atoms with Gasteiger partial charge in [-0.15, -0.1) is 0 Å². The first-order valence-corrected chi connectivity index (χ1v) is 12.7. The highest BCUT2D eigenvalue weighted by molar-refractivity contribution is 7.07. The van der Waals surface area contributed by atoms with Gasteiger partial charge in [0.05, 0.1) is 29.0 Å². The zero-order valence-corrected chi connectivity index (χ0v) is 20.9. The molecule has 2 aromatic carbocycles. The minimum absolute atomic E-state index is 0.0597. The molecule has 0 spiro atoms. The van der Waals surface area contributed by atoms with E-state index in [4.69, 9.17) is 4.74 Å². The average Bonchev–Trinajstić information content (AvgIpc) is 3.19. The fourth-order valence-corrected chi connectivity index (χ4v) is 6.21. The number of hydrogen-bond acceptors (Lipinski definition) is 7. The van der Waals surface area contributed by atoms with E-state index >= 15 is 0 Å². The smallest absolute Gasteiger partial charge is 0.336 e. The molecule has 9 heteroatoms. The van der Waals surface area contributed by atoms with Crippen molar-refractivity contribution in [2.24, 2.45) is 4.99 Å². The maximum Gasteiger partial charge on any atom is 0.336 e. The van der Waals surface area contributed by atoms with Crippen molar-refractivity contribution < 1.29 is 19.7 Å². The zero-order chi connectivity index (χ0) is 25.4. The van der Waals surface area contributed by atoms with E-state index in [1.165, 1.54) is 28.0 Å². The molecule has 2 N–H and O–H groups in total. The van der Waals surface area contributed by atoms with Crippen molar-refractivity contribution in [2.45, 2.75) is 25.8 Å². The molecule has 1 atom stereocenters. The van der Waals surface area contributed by atoms with Crippen molar-refractivity contribution in [1.29, 1.82) is 0 Å². The van der Waals surface area contributed by atoms with Crippen LogP contribution < -0.4 is 19.8 Å². The number of morpholine rings is 1. The molecule has 1 aromatic heterocycles. The number of anilines is 1. The molecule has 0 radical (unpaired) electrons. The Morgan fingerprint density at radius 1 is 1.14 bits per heavy atom. The Hall–Kier alpha value is -3.69. The second kappa shape index (κ2) is 9.40. The van der Waals surface area contributed by atoms with Crippen LogP contribution in [0, 0.1) is 0 Å². The van der Waals surface area contributed by atoms with Gasteiger partial charge in [-0.25, -0.2) is 9.79 Å². The van der Waals surface area contributed by atoms with Crippen molar-refractivity contribution >= 4 is 29.1 Å². The number of carboxylic acids is 1. The van der Waals surface area contributed by atoms with Crippen molar-refractivity contribution in [2.75, 3.05) is 31.2 Å². The van der Waals surface area contributed by atoms with Crippen LogP contribution in [0.15, 0.2) is 69.6 Å². The molecule has 1 unspecified atom stereocenters. The van der Waals surface area contributed by atoms with Gasteiger partial charge in [0, 0.05) is 18.8 Å². The van der Waals surface area contributed by atoms with Crippen LogP contribution in [0.1, 0.15) is 31.4 Å². The first-order valence-electron chi connectivity index (χ1n) is 11.8. The first-order chi connectivity index (χ1) is 17.3. The molecule has 36 heavy (non-hydrogen) atoms. The summed E-state index contributed by atoms with van der Waals surface area (Å²) in [7, 11) is 0. The average molecular weight is 506 g/mol. The Morgan fingerprint density at radius 3 is 2.42 bits per heavy atom. The third kappa shape index (κ3) is 3.94. The van der Waals surface area contributed by atoms with Gasteiger partial charge >= 0.3 is 5.97 Å². The summed E-state index contributed by atoms with van der Waals surface area (Å²) in [6.45, 7) is 6.63. The molecule has 0 amide bonds. The lowest BCUT2D eigenvalue weighted by Gasteiger charge is -2.37. The van der Waals surface area contributed by atoms with Gasteiger partial charge in [-0.1, -0.05) is 42.5 Å². The minimum Gasteiger partial charge on any atom is -0.508 e. The number of nitrogens with zero attached hydrogens (tertiary/aromatic N) is 3. The van der Waals surface area contributed by atoms with E-state index in [9.17, 15) is 19.8 Å². The van der Waals surface area contributed by atoms with Crippen LogP contribution in [-0.2, 0) is 15.1 Å². The predicted octanol–water partition coefficient (Wildman–Crippen LogP) is 2.43. The molecule has 2 aliphatic rings. The molecule has 0 aliphatic carbocycles. The zero-order valence-electron chi connectivity index (χ0n) is 20.1. The third-order valence-electron chi connectivity index (χ3n) is 6.86. The lowest BCUT2D eigenvalue weighted by molar-refractivity contribution is -0.133. The van der Waals surface area contributed by atoms with Gasteiger partial charge in [0.1, 0.15) is 11.3 Å². The number of benzene rings is 2. The highest BCUT2D eigenvalue weighted by Gasteiger charge is 2.45. The quantitative estimate of drug-likeness (QED) is 0.552. The molecular weight excluding hydrogens is 478 g/mol. The number of ether oxygens (including phenoxy) is 1. The standard InChI is InChI=1S/C27H27N3O5S/c1-3-27(19-6-10-21(31)11-7-19)23(25(33)34)17(2)28-26-30(27)24(32)22(36-26)16-18-4-8-20(9-5-18)29-12-14-35-15-13-29/h4-11,16,31H,3,12-15H2,1-2H3,(H,33,34)/b22-16-. The number of phenols is 1. The summed E-state index contributed by atoms with van der Waals surface area (Å²) in [6, 6.07) is 14.4. The van der Waals surface area contributed by atoms with Crippen LogP contribution in [-0.4, -0.2) is 47.1 Å². The number of fused-ring (bicyclic) bond motifs is 1. The van der Waals surface area contributed by atoms with Gasteiger partial charge < -0.3 is 19.8 Å². The molecule has 5 rings (SSSR count). The van der Waals surface area contributed by atoms with Gasteiger partial charge in [-0.3, -0.25) is 9.36 Å². The normalized spacial score (nSPS) is 20.3.